The number of benzene rings is 3. The highest BCUT2D eigenvalue weighted by Gasteiger charge is 2.10. The van der Waals surface area contributed by atoms with Crippen molar-refractivity contribution in [3.8, 4) is 23.3 Å². The molecule has 3 rings (SSSR count). The Balaban J connectivity index is 1.63. The molecule has 0 spiro atoms. The maximum absolute atomic E-state index is 12.0. The molecule has 0 aromatic heterocycles. The lowest BCUT2D eigenvalue weighted by molar-refractivity contribution is -0.133. The van der Waals surface area contributed by atoms with Gasteiger partial charge in [0.1, 0.15) is 12.3 Å². The number of carbonyl (C=O) groups is 2. The summed E-state index contributed by atoms with van der Waals surface area (Å²) in [6, 6.07) is 22.7. The Kier molecular flexibility index (Phi) is 7.81. The minimum Gasteiger partial charge on any atom is -0.493 e. The van der Waals surface area contributed by atoms with E-state index in [0.717, 1.165) is 5.56 Å². The molecular weight excluding hydrogens is 420 g/mol. The summed E-state index contributed by atoms with van der Waals surface area (Å²) < 4.78 is 15.8. The van der Waals surface area contributed by atoms with Gasteiger partial charge >= 0.3 is 5.97 Å². The van der Waals surface area contributed by atoms with Crippen LogP contribution in [0, 0.1) is 11.3 Å². The predicted octanol–water partition coefficient (Wildman–Crippen LogP) is 4.10. The van der Waals surface area contributed by atoms with Crippen LogP contribution in [0.2, 0.25) is 0 Å². The molecule has 1 amide bonds. The first-order chi connectivity index (χ1) is 16.0. The molecule has 0 atom stereocenters. The number of methoxy groups -OCH3 is 2. The third kappa shape index (κ3) is 6.21. The number of nitrogens with zero attached hydrogens (tertiary/aromatic N) is 1. The number of nitrogens with one attached hydrogen (secondary N) is 1. The third-order valence-corrected chi connectivity index (χ3v) is 4.67. The van der Waals surface area contributed by atoms with Crippen molar-refractivity contribution in [1.82, 2.24) is 5.32 Å². The van der Waals surface area contributed by atoms with E-state index < -0.39 is 5.97 Å². The average molecular weight is 442 g/mol. The molecule has 0 saturated heterocycles. The van der Waals surface area contributed by atoms with Gasteiger partial charge in [0.05, 0.1) is 25.9 Å². The first kappa shape index (κ1) is 23.1. The van der Waals surface area contributed by atoms with Gasteiger partial charge < -0.3 is 19.5 Å². The Morgan fingerprint density at radius 1 is 0.909 bits per heavy atom. The Labute approximate surface area is 191 Å². The first-order valence-corrected chi connectivity index (χ1v) is 10.0. The van der Waals surface area contributed by atoms with E-state index in [4.69, 9.17) is 14.2 Å². The van der Waals surface area contributed by atoms with E-state index >= 15 is 0 Å². The second-order valence-corrected chi connectivity index (χ2v) is 6.83. The Morgan fingerprint density at radius 3 is 2.24 bits per heavy atom. The van der Waals surface area contributed by atoms with E-state index in [1.165, 1.54) is 7.11 Å². The fourth-order valence-electron chi connectivity index (χ4n) is 2.99. The quantitative estimate of drug-likeness (QED) is 0.244. The van der Waals surface area contributed by atoms with Crippen LogP contribution in [0.3, 0.4) is 0 Å². The zero-order chi connectivity index (χ0) is 23.6. The summed E-state index contributed by atoms with van der Waals surface area (Å²) in [6.07, 6.45) is 1.72. The third-order valence-electron chi connectivity index (χ3n) is 4.67. The molecular formula is C26H22N2O5. The molecule has 7 heteroatoms. The van der Waals surface area contributed by atoms with Gasteiger partial charge in [-0.25, -0.2) is 4.79 Å². The first-order valence-electron chi connectivity index (χ1n) is 10.0. The van der Waals surface area contributed by atoms with Gasteiger partial charge in [-0.1, -0.05) is 30.3 Å². The van der Waals surface area contributed by atoms with Gasteiger partial charge in [-0.05, 0) is 59.7 Å². The normalized spacial score (nSPS) is 10.6. The van der Waals surface area contributed by atoms with Crippen LogP contribution in [0.5, 0.6) is 17.2 Å². The van der Waals surface area contributed by atoms with E-state index in [1.54, 1.807) is 86.0 Å². The number of carbonyl (C=O) groups excluding carboxylic acids is 2. The average Bonchev–Trinajstić information content (AvgIpc) is 2.86. The Hall–Kier alpha value is -4.57. The maximum Gasteiger partial charge on any atom is 0.330 e. The summed E-state index contributed by atoms with van der Waals surface area (Å²) >= 11 is 0. The molecule has 7 nitrogen and oxygen atoms in total. The SMILES string of the molecule is COc1ccc(/C(C#N)=C\c2ccc(OC(=O)CNC(=O)c3ccccc3)cc2)cc1OC. The number of esters is 1. The molecule has 1 N–H and O–H groups in total. The van der Waals surface area contributed by atoms with Crippen molar-refractivity contribution in [3.63, 3.8) is 0 Å². The number of hydrogen-bond acceptors (Lipinski definition) is 6. The lowest BCUT2D eigenvalue weighted by atomic mass is 10.0. The lowest BCUT2D eigenvalue weighted by Gasteiger charge is -2.09. The van der Waals surface area contributed by atoms with Gasteiger partial charge in [-0.2, -0.15) is 5.26 Å². The monoisotopic (exact) mass is 442 g/mol. The van der Waals surface area contributed by atoms with E-state index in [0.29, 0.717) is 33.9 Å². The molecule has 3 aromatic rings. The van der Waals surface area contributed by atoms with E-state index in [1.807, 2.05) is 0 Å². The van der Waals surface area contributed by atoms with Crippen molar-refractivity contribution in [1.29, 1.82) is 5.26 Å². The molecule has 0 aliphatic rings. The van der Waals surface area contributed by atoms with Gasteiger partial charge in [0, 0.05) is 5.56 Å². The number of hydrogen-bond donors (Lipinski definition) is 1. The van der Waals surface area contributed by atoms with Gasteiger partial charge in [0.15, 0.2) is 11.5 Å². The largest absolute Gasteiger partial charge is 0.493 e. The van der Waals surface area contributed by atoms with Crippen molar-refractivity contribution >= 4 is 23.5 Å². The lowest BCUT2D eigenvalue weighted by Crippen LogP contribution is -2.31. The van der Waals surface area contributed by atoms with E-state index in [-0.39, 0.29) is 12.5 Å². The Morgan fingerprint density at radius 2 is 1.61 bits per heavy atom. The number of amides is 1. The van der Waals surface area contributed by atoms with E-state index in [2.05, 4.69) is 11.4 Å². The topological polar surface area (TPSA) is 97.6 Å². The molecule has 0 fully saturated rings. The molecule has 3 aromatic carbocycles. The molecule has 0 saturated carbocycles. The molecule has 0 aliphatic carbocycles. The highest BCUT2D eigenvalue weighted by molar-refractivity contribution is 5.96. The number of nitriles is 1. The van der Waals surface area contributed by atoms with Crippen LogP contribution in [-0.4, -0.2) is 32.6 Å². The molecule has 0 unspecified atom stereocenters. The van der Waals surface area contributed by atoms with Crippen LogP contribution in [-0.2, 0) is 4.79 Å². The fourth-order valence-corrected chi connectivity index (χ4v) is 2.99. The standard InChI is InChI=1S/C26H22N2O5/c1-31-23-13-10-20(15-24(23)32-2)21(16-27)14-18-8-11-22(12-9-18)33-25(29)17-28-26(30)19-6-4-3-5-7-19/h3-15H,17H2,1-2H3,(H,28,30)/b21-14-. The second-order valence-electron chi connectivity index (χ2n) is 6.83. The van der Waals surface area contributed by atoms with Gasteiger partial charge in [0.2, 0.25) is 0 Å². The summed E-state index contributed by atoms with van der Waals surface area (Å²) in [7, 11) is 3.08. The minimum absolute atomic E-state index is 0.257. The van der Waals surface area contributed by atoms with Gasteiger partial charge in [-0.3, -0.25) is 4.79 Å². The highest BCUT2D eigenvalue weighted by atomic mass is 16.5. The smallest absolute Gasteiger partial charge is 0.330 e. The summed E-state index contributed by atoms with van der Waals surface area (Å²) in [5.74, 6) is 0.482. The van der Waals surface area contributed by atoms with Crippen molar-refractivity contribution in [3.05, 3.63) is 89.5 Å². The number of ether oxygens (including phenoxy) is 3. The highest BCUT2D eigenvalue weighted by Crippen LogP contribution is 2.31. The van der Waals surface area contributed by atoms with Crippen molar-refractivity contribution in [2.75, 3.05) is 20.8 Å². The van der Waals surface area contributed by atoms with Crippen molar-refractivity contribution in [2.45, 2.75) is 0 Å². The van der Waals surface area contributed by atoms with Crippen LogP contribution in [0.1, 0.15) is 21.5 Å². The summed E-state index contributed by atoms with van der Waals surface area (Å²) in [5.41, 5.74) is 2.33. The second kappa shape index (κ2) is 11.2. The van der Waals surface area contributed by atoms with E-state index in [9.17, 15) is 14.9 Å². The molecule has 0 radical (unpaired) electrons. The minimum atomic E-state index is -0.592. The predicted molar refractivity (Wildman–Crippen MR) is 124 cm³/mol. The van der Waals surface area contributed by atoms with Crippen LogP contribution in [0.25, 0.3) is 11.6 Å². The number of allylic oxidation sites excluding steroid dienone is 1. The van der Waals surface area contributed by atoms with Crippen LogP contribution in [0.4, 0.5) is 0 Å². The molecule has 33 heavy (non-hydrogen) atoms. The maximum atomic E-state index is 12.0. The van der Waals surface area contributed by atoms with Crippen molar-refractivity contribution < 1.29 is 23.8 Å². The molecule has 0 bridgehead atoms. The van der Waals surface area contributed by atoms with Crippen LogP contribution in [0.15, 0.2) is 72.8 Å². The number of rotatable bonds is 8. The molecule has 166 valence electrons. The molecule has 0 heterocycles. The zero-order valence-electron chi connectivity index (χ0n) is 18.2. The van der Waals surface area contributed by atoms with Gasteiger partial charge in [-0.15, -0.1) is 0 Å². The fraction of sp³-hybridized carbons (Fsp3) is 0.115. The van der Waals surface area contributed by atoms with Crippen LogP contribution < -0.4 is 19.5 Å². The summed E-state index contributed by atoms with van der Waals surface area (Å²) in [4.78, 5) is 24.0. The summed E-state index contributed by atoms with van der Waals surface area (Å²) in [6.45, 7) is -0.257. The van der Waals surface area contributed by atoms with Gasteiger partial charge in [0.25, 0.3) is 5.91 Å². The zero-order valence-corrected chi connectivity index (χ0v) is 18.2. The van der Waals surface area contributed by atoms with Crippen molar-refractivity contribution in [2.24, 2.45) is 0 Å². The Bertz CT molecular complexity index is 1200. The summed E-state index contributed by atoms with van der Waals surface area (Å²) in [5, 5.41) is 12.1. The van der Waals surface area contributed by atoms with Crippen LogP contribution >= 0.6 is 0 Å². The molecule has 0 aliphatic heterocycles.